The molecule has 0 atom stereocenters. The molecule has 2 heterocycles. The summed E-state index contributed by atoms with van der Waals surface area (Å²) in [6.07, 6.45) is 1.63. The van der Waals surface area contributed by atoms with Crippen LogP contribution in [0.15, 0.2) is 36.0 Å². The molecule has 3 aromatic rings. The SMILES string of the molecule is Cc1cccc(CNc2ncnc3c(C)csc23)c1. The average molecular weight is 269 g/mol. The first-order chi connectivity index (χ1) is 9.24. The van der Waals surface area contributed by atoms with Crippen molar-refractivity contribution in [2.45, 2.75) is 20.4 Å². The Hall–Kier alpha value is -1.94. The van der Waals surface area contributed by atoms with E-state index in [1.54, 1.807) is 17.7 Å². The Morgan fingerprint density at radius 2 is 2.11 bits per heavy atom. The third-order valence-corrected chi connectivity index (χ3v) is 4.17. The number of thiophene rings is 1. The number of rotatable bonds is 3. The van der Waals surface area contributed by atoms with Gasteiger partial charge in [-0.25, -0.2) is 9.97 Å². The minimum atomic E-state index is 0.782. The first-order valence-electron chi connectivity index (χ1n) is 6.22. The summed E-state index contributed by atoms with van der Waals surface area (Å²) in [5.74, 6) is 0.921. The van der Waals surface area contributed by atoms with Crippen molar-refractivity contribution in [2.24, 2.45) is 0 Å². The quantitative estimate of drug-likeness (QED) is 0.783. The Bertz CT molecular complexity index is 718. The van der Waals surface area contributed by atoms with Gasteiger partial charge in [-0.3, -0.25) is 0 Å². The average Bonchev–Trinajstić information content (AvgIpc) is 2.79. The van der Waals surface area contributed by atoms with Crippen molar-refractivity contribution < 1.29 is 0 Å². The van der Waals surface area contributed by atoms with Crippen molar-refractivity contribution in [1.82, 2.24) is 9.97 Å². The number of aromatic nitrogens is 2. The van der Waals surface area contributed by atoms with Gasteiger partial charge in [-0.1, -0.05) is 29.8 Å². The number of anilines is 1. The number of nitrogens with zero attached hydrogens (tertiary/aromatic N) is 2. The fraction of sp³-hybridized carbons (Fsp3) is 0.200. The minimum Gasteiger partial charge on any atom is -0.365 e. The van der Waals surface area contributed by atoms with Crippen LogP contribution in [0.4, 0.5) is 5.82 Å². The Kier molecular flexibility index (Phi) is 3.17. The van der Waals surface area contributed by atoms with E-state index in [0.717, 1.165) is 22.6 Å². The molecule has 3 rings (SSSR count). The van der Waals surface area contributed by atoms with Crippen LogP contribution in [-0.2, 0) is 6.54 Å². The molecule has 0 fully saturated rings. The lowest BCUT2D eigenvalue weighted by atomic mass is 10.1. The summed E-state index contributed by atoms with van der Waals surface area (Å²) >= 11 is 1.69. The van der Waals surface area contributed by atoms with Gasteiger partial charge in [-0.2, -0.15) is 0 Å². The van der Waals surface area contributed by atoms with Gasteiger partial charge >= 0.3 is 0 Å². The molecule has 4 heteroatoms. The maximum Gasteiger partial charge on any atom is 0.147 e. The Morgan fingerprint density at radius 3 is 2.95 bits per heavy atom. The van der Waals surface area contributed by atoms with Gasteiger partial charge in [-0.15, -0.1) is 11.3 Å². The fourth-order valence-corrected chi connectivity index (χ4v) is 3.07. The van der Waals surface area contributed by atoms with Crippen LogP contribution in [0.3, 0.4) is 0 Å². The lowest BCUT2D eigenvalue weighted by Gasteiger charge is -2.07. The van der Waals surface area contributed by atoms with Gasteiger partial charge in [0.05, 0.1) is 10.2 Å². The molecule has 0 saturated carbocycles. The highest BCUT2D eigenvalue weighted by atomic mass is 32.1. The zero-order valence-electron chi connectivity index (χ0n) is 11.0. The lowest BCUT2D eigenvalue weighted by molar-refractivity contribution is 1.10. The van der Waals surface area contributed by atoms with Crippen LogP contribution in [0.25, 0.3) is 10.2 Å². The first-order valence-corrected chi connectivity index (χ1v) is 7.10. The molecule has 0 bridgehead atoms. The third kappa shape index (κ3) is 2.44. The third-order valence-electron chi connectivity index (χ3n) is 3.07. The summed E-state index contributed by atoms with van der Waals surface area (Å²) in [5.41, 5.74) is 4.80. The highest BCUT2D eigenvalue weighted by molar-refractivity contribution is 7.18. The van der Waals surface area contributed by atoms with Crippen molar-refractivity contribution in [3.05, 3.63) is 52.7 Å². The van der Waals surface area contributed by atoms with Crippen molar-refractivity contribution in [3.8, 4) is 0 Å². The van der Waals surface area contributed by atoms with Crippen molar-refractivity contribution in [3.63, 3.8) is 0 Å². The van der Waals surface area contributed by atoms with E-state index in [2.05, 4.69) is 58.8 Å². The number of hydrogen-bond donors (Lipinski definition) is 1. The topological polar surface area (TPSA) is 37.8 Å². The molecule has 1 aromatic carbocycles. The van der Waals surface area contributed by atoms with Crippen LogP contribution in [0.2, 0.25) is 0 Å². The largest absolute Gasteiger partial charge is 0.365 e. The maximum absolute atomic E-state index is 4.35. The van der Waals surface area contributed by atoms with Crippen molar-refractivity contribution in [1.29, 1.82) is 0 Å². The van der Waals surface area contributed by atoms with Gasteiger partial charge in [0, 0.05) is 6.54 Å². The summed E-state index contributed by atoms with van der Waals surface area (Å²) in [6.45, 7) is 4.97. The molecule has 0 radical (unpaired) electrons. The molecular formula is C15H15N3S. The normalized spacial score (nSPS) is 10.8. The molecule has 0 aliphatic carbocycles. The van der Waals surface area contributed by atoms with Crippen LogP contribution in [0, 0.1) is 13.8 Å². The molecule has 96 valence electrons. The first kappa shape index (κ1) is 12.1. The standard InChI is InChI=1S/C15H15N3S/c1-10-4-3-5-12(6-10)7-16-15-14-13(17-9-18-15)11(2)8-19-14/h3-6,8-9H,7H2,1-2H3,(H,16,17,18). The van der Waals surface area contributed by atoms with Crippen molar-refractivity contribution >= 4 is 27.4 Å². The zero-order chi connectivity index (χ0) is 13.2. The lowest BCUT2D eigenvalue weighted by Crippen LogP contribution is -2.02. The van der Waals surface area contributed by atoms with E-state index in [-0.39, 0.29) is 0 Å². The summed E-state index contributed by atoms with van der Waals surface area (Å²) in [4.78, 5) is 8.68. The van der Waals surface area contributed by atoms with E-state index < -0.39 is 0 Å². The summed E-state index contributed by atoms with van der Waals surface area (Å²) in [7, 11) is 0. The van der Waals surface area contributed by atoms with E-state index in [0.29, 0.717) is 0 Å². The van der Waals surface area contributed by atoms with Crippen LogP contribution >= 0.6 is 11.3 Å². The highest BCUT2D eigenvalue weighted by Gasteiger charge is 2.07. The molecule has 0 spiro atoms. The molecule has 2 aromatic heterocycles. The van der Waals surface area contributed by atoms with Crippen LogP contribution in [0.1, 0.15) is 16.7 Å². The molecule has 1 N–H and O–H groups in total. The van der Waals surface area contributed by atoms with Gasteiger partial charge in [0.25, 0.3) is 0 Å². The van der Waals surface area contributed by atoms with Gasteiger partial charge in [0.2, 0.25) is 0 Å². The molecule has 0 unspecified atom stereocenters. The van der Waals surface area contributed by atoms with Crippen molar-refractivity contribution in [2.75, 3.05) is 5.32 Å². The highest BCUT2D eigenvalue weighted by Crippen LogP contribution is 2.28. The molecule has 3 nitrogen and oxygen atoms in total. The molecule has 19 heavy (non-hydrogen) atoms. The Balaban J connectivity index is 1.86. The van der Waals surface area contributed by atoms with Gasteiger partial charge in [0.1, 0.15) is 12.1 Å². The van der Waals surface area contributed by atoms with Gasteiger partial charge < -0.3 is 5.32 Å². The van der Waals surface area contributed by atoms with Gasteiger partial charge in [-0.05, 0) is 30.4 Å². The predicted octanol–water partition coefficient (Wildman–Crippen LogP) is 3.92. The van der Waals surface area contributed by atoms with Crippen LogP contribution in [0.5, 0.6) is 0 Å². The molecular weight excluding hydrogens is 254 g/mol. The summed E-state index contributed by atoms with van der Waals surface area (Å²) in [6, 6.07) is 8.50. The van der Waals surface area contributed by atoms with E-state index in [9.17, 15) is 0 Å². The van der Waals surface area contributed by atoms with Crippen LogP contribution in [-0.4, -0.2) is 9.97 Å². The zero-order valence-corrected chi connectivity index (χ0v) is 11.8. The van der Waals surface area contributed by atoms with E-state index in [1.807, 2.05) is 0 Å². The minimum absolute atomic E-state index is 0.782. The fourth-order valence-electron chi connectivity index (χ4n) is 2.10. The maximum atomic E-state index is 4.35. The van der Waals surface area contributed by atoms with E-state index in [1.165, 1.54) is 16.7 Å². The number of hydrogen-bond acceptors (Lipinski definition) is 4. The monoisotopic (exact) mass is 269 g/mol. The molecule has 0 amide bonds. The number of benzene rings is 1. The Labute approximate surface area is 116 Å². The number of nitrogens with one attached hydrogen (secondary N) is 1. The smallest absolute Gasteiger partial charge is 0.147 e. The summed E-state index contributed by atoms with van der Waals surface area (Å²) in [5, 5.41) is 5.53. The van der Waals surface area contributed by atoms with Crippen LogP contribution < -0.4 is 5.32 Å². The molecule has 0 aliphatic heterocycles. The second-order valence-corrected chi connectivity index (χ2v) is 5.54. The number of aryl methyl sites for hydroxylation is 2. The van der Waals surface area contributed by atoms with E-state index in [4.69, 9.17) is 0 Å². The second-order valence-electron chi connectivity index (χ2n) is 4.66. The molecule has 0 aliphatic rings. The van der Waals surface area contributed by atoms with E-state index >= 15 is 0 Å². The second kappa shape index (κ2) is 4.97. The van der Waals surface area contributed by atoms with Gasteiger partial charge in [0.15, 0.2) is 0 Å². The summed E-state index contributed by atoms with van der Waals surface area (Å²) < 4.78 is 1.13. The predicted molar refractivity (Wildman–Crippen MR) is 80.7 cm³/mol. The Morgan fingerprint density at radius 1 is 1.21 bits per heavy atom. The molecule has 0 saturated heterocycles. The number of fused-ring (bicyclic) bond motifs is 1.